The van der Waals surface area contributed by atoms with Crippen LogP contribution in [0.25, 0.3) is 0 Å². The monoisotopic (exact) mass is 282 g/mol. The van der Waals surface area contributed by atoms with E-state index < -0.39 is 11.9 Å². The maximum Gasteiger partial charge on any atom is 0.316 e. The van der Waals surface area contributed by atoms with Gasteiger partial charge < -0.3 is 4.74 Å². The Hall–Kier alpha value is -1.19. The first-order valence-electron chi connectivity index (χ1n) is 7.76. The Labute approximate surface area is 121 Å². The number of rotatable bonds is 9. The van der Waals surface area contributed by atoms with Crippen LogP contribution >= 0.6 is 0 Å². The van der Waals surface area contributed by atoms with Crippen molar-refractivity contribution in [3.63, 3.8) is 0 Å². The fourth-order valence-electron chi connectivity index (χ4n) is 2.67. The molecule has 1 aliphatic rings. The molecule has 0 radical (unpaired) electrons. The molecule has 0 amide bonds. The van der Waals surface area contributed by atoms with Gasteiger partial charge in [-0.2, -0.15) is 0 Å². The topological polar surface area (TPSA) is 60.4 Å². The number of carbonyl (C=O) groups is 3. The van der Waals surface area contributed by atoms with E-state index in [0.29, 0.717) is 19.3 Å². The first-order valence-corrected chi connectivity index (χ1v) is 7.76. The van der Waals surface area contributed by atoms with Crippen molar-refractivity contribution in [2.24, 2.45) is 11.8 Å². The van der Waals surface area contributed by atoms with Gasteiger partial charge in [-0.25, -0.2) is 0 Å². The third-order valence-corrected chi connectivity index (χ3v) is 4.05. The normalized spacial score (nSPS) is 20.6. The number of Topliss-reactive ketones (excluding diaryl/α,β-unsaturated/α-hetero) is 2. The van der Waals surface area contributed by atoms with E-state index >= 15 is 0 Å². The van der Waals surface area contributed by atoms with Gasteiger partial charge in [0.05, 0.1) is 6.61 Å². The molecule has 0 N–H and O–H groups in total. The van der Waals surface area contributed by atoms with Gasteiger partial charge in [0.25, 0.3) is 0 Å². The molecule has 1 aliphatic heterocycles. The van der Waals surface area contributed by atoms with E-state index in [-0.39, 0.29) is 24.1 Å². The van der Waals surface area contributed by atoms with Gasteiger partial charge in [-0.3, -0.25) is 14.4 Å². The van der Waals surface area contributed by atoms with Crippen molar-refractivity contribution in [1.82, 2.24) is 0 Å². The highest BCUT2D eigenvalue weighted by Crippen LogP contribution is 2.23. The van der Waals surface area contributed by atoms with Gasteiger partial charge in [0.2, 0.25) is 0 Å². The Balaban J connectivity index is 2.39. The Bertz CT molecular complexity index is 332. The molecule has 0 spiro atoms. The highest BCUT2D eigenvalue weighted by molar-refractivity contribution is 6.00. The lowest BCUT2D eigenvalue weighted by Gasteiger charge is -2.21. The number of unbranched alkanes of at least 4 members (excludes halogenated alkanes) is 3. The fraction of sp³-hybridized carbons (Fsp3) is 0.812. The molecule has 2 atom stereocenters. The lowest BCUT2D eigenvalue weighted by molar-refractivity contribution is -0.158. The molecule has 4 heteroatoms. The van der Waals surface area contributed by atoms with Crippen LogP contribution in [0.5, 0.6) is 0 Å². The number of ketones is 2. The van der Waals surface area contributed by atoms with Crippen LogP contribution in [0.1, 0.15) is 65.2 Å². The number of hydrogen-bond acceptors (Lipinski definition) is 4. The Kier molecular flexibility index (Phi) is 7.48. The molecule has 114 valence electrons. The second-order valence-corrected chi connectivity index (χ2v) is 5.67. The van der Waals surface area contributed by atoms with Crippen LogP contribution in [0, 0.1) is 11.8 Å². The van der Waals surface area contributed by atoms with Gasteiger partial charge in [0.1, 0.15) is 17.5 Å². The Morgan fingerprint density at radius 3 is 2.60 bits per heavy atom. The molecule has 0 aliphatic carbocycles. The molecule has 2 unspecified atom stereocenters. The lowest BCUT2D eigenvalue weighted by Crippen LogP contribution is -2.33. The van der Waals surface area contributed by atoms with Crippen LogP contribution in [0.2, 0.25) is 0 Å². The quantitative estimate of drug-likeness (QED) is 0.370. The van der Waals surface area contributed by atoms with Crippen LogP contribution in [-0.4, -0.2) is 24.1 Å². The van der Waals surface area contributed by atoms with Gasteiger partial charge in [0, 0.05) is 12.3 Å². The van der Waals surface area contributed by atoms with E-state index in [0.717, 1.165) is 19.3 Å². The van der Waals surface area contributed by atoms with E-state index in [4.69, 9.17) is 4.74 Å². The molecule has 0 aromatic carbocycles. The molecule has 1 fully saturated rings. The molecule has 4 nitrogen and oxygen atoms in total. The average Bonchev–Trinajstić information content (AvgIpc) is 2.40. The number of esters is 1. The summed E-state index contributed by atoms with van der Waals surface area (Å²) in [6, 6.07) is 0. The third kappa shape index (κ3) is 5.43. The van der Waals surface area contributed by atoms with Crippen molar-refractivity contribution in [2.75, 3.05) is 6.61 Å². The summed E-state index contributed by atoms with van der Waals surface area (Å²) in [5.74, 6) is -0.933. The predicted molar refractivity (Wildman–Crippen MR) is 76.2 cm³/mol. The van der Waals surface area contributed by atoms with E-state index in [1.165, 1.54) is 12.8 Å². The number of cyclic esters (lactones) is 1. The summed E-state index contributed by atoms with van der Waals surface area (Å²) in [6.45, 7) is 3.97. The van der Waals surface area contributed by atoms with Crippen molar-refractivity contribution in [3.05, 3.63) is 0 Å². The maximum absolute atomic E-state index is 11.7. The van der Waals surface area contributed by atoms with Crippen molar-refractivity contribution >= 4 is 17.5 Å². The zero-order valence-electron chi connectivity index (χ0n) is 12.7. The number of hydrogen-bond donors (Lipinski definition) is 0. The zero-order chi connectivity index (χ0) is 15.0. The summed E-state index contributed by atoms with van der Waals surface area (Å²) in [5.41, 5.74) is 0. The van der Waals surface area contributed by atoms with Crippen molar-refractivity contribution in [3.8, 4) is 0 Å². The summed E-state index contributed by atoms with van der Waals surface area (Å²) in [4.78, 5) is 34.9. The van der Waals surface area contributed by atoms with E-state index in [1.807, 2.05) is 0 Å². The summed E-state index contributed by atoms with van der Waals surface area (Å²) >= 11 is 0. The standard InChI is InChI=1S/C16H26O4/c1-3-4-5-6-7-13(12(2)17)8-9-14-15(18)10-11-20-16(14)19/h13-14H,3-11H2,1-2H3. The molecule has 20 heavy (non-hydrogen) atoms. The number of ether oxygens (including phenoxy) is 1. The molecular weight excluding hydrogens is 256 g/mol. The third-order valence-electron chi connectivity index (χ3n) is 4.05. The van der Waals surface area contributed by atoms with Crippen molar-refractivity contribution in [1.29, 1.82) is 0 Å². The minimum absolute atomic E-state index is 0.0191. The molecular formula is C16H26O4. The van der Waals surface area contributed by atoms with Crippen molar-refractivity contribution < 1.29 is 19.1 Å². The van der Waals surface area contributed by atoms with E-state index in [1.54, 1.807) is 6.92 Å². The molecule has 0 bridgehead atoms. The Morgan fingerprint density at radius 2 is 2.00 bits per heavy atom. The van der Waals surface area contributed by atoms with Gasteiger partial charge in [-0.05, 0) is 26.2 Å². The molecule has 0 saturated carbocycles. The van der Waals surface area contributed by atoms with Crippen LogP contribution in [-0.2, 0) is 19.1 Å². The van der Waals surface area contributed by atoms with Gasteiger partial charge in [-0.1, -0.05) is 32.6 Å². The van der Waals surface area contributed by atoms with Gasteiger partial charge in [0.15, 0.2) is 0 Å². The highest BCUT2D eigenvalue weighted by atomic mass is 16.5. The van der Waals surface area contributed by atoms with Crippen molar-refractivity contribution in [2.45, 2.75) is 65.2 Å². The zero-order valence-corrected chi connectivity index (χ0v) is 12.7. The SMILES string of the molecule is CCCCCCC(CCC1C(=O)CCOC1=O)C(C)=O. The molecule has 1 saturated heterocycles. The number of carbonyl (C=O) groups excluding carboxylic acids is 3. The lowest BCUT2D eigenvalue weighted by atomic mass is 9.86. The minimum atomic E-state index is -0.638. The van der Waals surface area contributed by atoms with Gasteiger partial charge in [-0.15, -0.1) is 0 Å². The van der Waals surface area contributed by atoms with E-state index in [9.17, 15) is 14.4 Å². The van der Waals surface area contributed by atoms with Gasteiger partial charge >= 0.3 is 5.97 Å². The van der Waals surface area contributed by atoms with Crippen LogP contribution in [0.4, 0.5) is 0 Å². The van der Waals surface area contributed by atoms with Crippen LogP contribution < -0.4 is 0 Å². The maximum atomic E-state index is 11.7. The van der Waals surface area contributed by atoms with Crippen LogP contribution in [0.15, 0.2) is 0 Å². The first-order chi connectivity index (χ1) is 9.56. The highest BCUT2D eigenvalue weighted by Gasteiger charge is 2.32. The first kappa shape index (κ1) is 16.9. The van der Waals surface area contributed by atoms with Crippen LogP contribution in [0.3, 0.4) is 0 Å². The summed E-state index contributed by atoms with van der Waals surface area (Å²) in [6.07, 6.45) is 6.81. The second-order valence-electron chi connectivity index (χ2n) is 5.67. The summed E-state index contributed by atoms with van der Waals surface area (Å²) in [7, 11) is 0. The molecule has 0 aromatic rings. The molecule has 0 aromatic heterocycles. The summed E-state index contributed by atoms with van der Waals surface area (Å²) < 4.78 is 4.92. The average molecular weight is 282 g/mol. The van der Waals surface area contributed by atoms with E-state index in [2.05, 4.69) is 6.92 Å². The Morgan fingerprint density at radius 1 is 1.25 bits per heavy atom. The minimum Gasteiger partial charge on any atom is -0.465 e. The molecule has 1 heterocycles. The largest absolute Gasteiger partial charge is 0.465 e. The summed E-state index contributed by atoms with van der Waals surface area (Å²) in [5, 5.41) is 0. The predicted octanol–water partition coefficient (Wildman–Crippen LogP) is 3.07. The smallest absolute Gasteiger partial charge is 0.316 e. The fourth-order valence-corrected chi connectivity index (χ4v) is 2.67. The molecule has 1 rings (SSSR count). The second kappa shape index (κ2) is 8.88.